The van der Waals surface area contributed by atoms with Crippen molar-refractivity contribution in [3.63, 3.8) is 0 Å². The lowest BCUT2D eigenvalue weighted by Crippen LogP contribution is -2.12. The van der Waals surface area contributed by atoms with E-state index in [1.165, 1.54) is 7.11 Å². The molecule has 2 rings (SSSR count). The molecule has 0 atom stereocenters. The highest BCUT2D eigenvalue weighted by atomic mass is 16.5. The van der Waals surface area contributed by atoms with E-state index in [4.69, 9.17) is 10.5 Å². The van der Waals surface area contributed by atoms with Crippen LogP contribution >= 0.6 is 0 Å². The Morgan fingerprint density at radius 1 is 1.44 bits per heavy atom. The van der Waals surface area contributed by atoms with E-state index in [0.29, 0.717) is 17.0 Å². The number of hydrogen-bond acceptors (Lipinski definition) is 3. The van der Waals surface area contributed by atoms with Crippen LogP contribution in [0, 0.1) is 0 Å². The minimum atomic E-state index is -0.519. The van der Waals surface area contributed by atoms with Crippen molar-refractivity contribution < 1.29 is 9.53 Å². The van der Waals surface area contributed by atoms with Gasteiger partial charge in [0.15, 0.2) is 0 Å². The quantitative estimate of drug-likeness (QED) is 0.810. The summed E-state index contributed by atoms with van der Waals surface area (Å²) in [7, 11) is 1.50. The predicted octanol–water partition coefficient (Wildman–Crippen LogP) is 1.18. The van der Waals surface area contributed by atoms with Crippen molar-refractivity contribution in [3.05, 3.63) is 36.0 Å². The highest BCUT2D eigenvalue weighted by Gasteiger charge is 2.15. The lowest BCUT2D eigenvalue weighted by atomic mass is 10.1. The number of H-pyrrole nitrogens is 1. The summed E-state index contributed by atoms with van der Waals surface area (Å²) >= 11 is 0. The smallest absolute Gasteiger partial charge is 0.252 e. The molecule has 0 bridgehead atoms. The Kier molecular flexibility index (Phi) is 2.59. The van der Waals surface area contributed by atoms with Gasteiger partial charge in [-0.15, -0.1) is 0 Å². The van der Waals surface area contributed by atoms with Crippen molar-refractivity contribution in [2.24, 2.45) is 5.73 Å². The lowest BCUT2D eigenvalue weighted by Gasteiger charge is -2.09. The summed E-state index contributed by atoms with van der Waals surface area (Å²) in [4.78, 5) is 11.2. The number of ether oxygens (including phenoxy) is 1. The van der Waals surface area contributed by atoms with Crippen molar-refractivity contribution in [1.29, 1.82) is 0 Å². The van der Waals surface area contributed by atoms with Crippen molar-refractivity contribution >= 4 is 5.91 Å². The van der Waals surface area contributed by atoms with E-state index in [1.807, 2.05) is 6.07 Å². The zero-order valence-electron chi connectivity index (χ0n) is 8.73. The van der Waals surface area contributed by atoms with Gasteiger partial charge >= 0.3 is 0 Å². The first kappa shape index (κ1) is 10.2. The van der Waals surface area contributed by atoms with Crippen LogP contribution < -0.4 is 10.5 Å². The third-order valence-corrected chi connectivity index (χ3v) is 2.26. The van der Waals surface area contributed by atoms with Crippen LogP contribution in [0.3, 0.4) is 0 Å². The van der Waals surface area contributed by atoms with Gasteiger partial charge in [0.2, 0.25) is 0 Å². The Hall–Kier alpha value is -2.30. The number of benzene rings is 1. The number of aromatic amines is 1. The summed E-state index contributed by atoms with van der Waals surface area (Å²) in [5.41, 5.74) is 7.06. The molecule has 5 heteroatoms. The molecule has 0 aliphatic heterocycles. The van der Waals surface area contributed by atoms with Crippen LogP contribution in [0.4, 0.5) is 0 Å². The molecule has 1 aromatic carbocycles. The largest absolute Gasteiger partial charge is 0.495 e. The second kappa shape index (κ2) is 4.06. The normalized spacial score (nSPS) is 10.1. The van der Waals surface area contributed by atoms with Gasteiger partial charge in [0, 0.05) is 11.8 Å². The predicted molar refractivity (Wildman–Crippen MR) is 59.1 cm³/mol. The fourth-order valence-electron chi connectivity index (χ4n) is 1.56. The van der Waals surface area contributed by atoms with Crippen molar-refractivity contribution in [2.75, 3.05) is 7.11 Å². The average Bonchev–Trinajstić information content (AvgIpc) is 2.81. The minimum absolute atomic E-state index is 0.350. The second-order valence-electron chi connectivity index (χ2n) is 3.21. The number of aromatic nitrogens is 2. The third kappa shape index (κ3) is 1.63. The van der Waals surface area contributed by atoms with Crippen LogP contribution in [-0.2, 0) is 0 Å². The molecule has 0 radical (unpaired) electrons. The number of rotatable bonds is 3. The van der Waals surface area contributed by atoms with Crippen molar-refractivity contribution in [3.8, 4) is 17.0 Å². The molecule has 1 heterocycles. The number of para-hydroxylation sites is 1. The Morgan fingerprint density at radius 2 is 2.25 bits per heavy atom. The van der Waals surface area contributed by atoms with E-state index < -0.39 is 5.91 Å². The molecule has 0 saturated carbocycles. The molecule has 0 spiro atoms. The summed E-state index contributed by atoms with van der Waals surface area (Å²) in [6, 6.07) is 6.98. The number of nitrogens with zero attached hydrogens (tertiary/aromatic N) is 1. The van der Waals surface area contributed by atoms with E-state index in [1.54, 1.807) is 24.4 Å². The first-order chi connectivity index (χ1) is 7.74. The highest BCUT2D eigenvalue weighted by Crippen LogP contribution is 2.31. The fourth-order valence-corrected chi connectivity index (χ4v) is 1.56. The summed E-state index contributed by atoms with van der Waals surface area (Å²) < 4.78 is 5.21. The number of nitrogens with one attached hydrogen (secondary N) is 1. The number of primary amides is 1. The SMILES string of the molecule is COc1c(C(N)=O)cccc1-c1cc[nH]n1. The zero-order chi connectivity index (χ0) is 11.5. The number of carbonyl (C=O) groups is 1. The number of carbonyl (C=O) groups excluding carboxylic acids is 1. The maximum atomic E-state index is 11.2. The molecule has 0 fully saturated rings. The molecule has 2 aromatic rings. The molecule has 16 heavy (non-hydrogen) atoms. The van der Waals surface area contributed by atoms with Crippen molar-refractivity contribution in [1.82, 2.24) is 10.2 Å². The summed E-state index contributed by atoms with van der Waals surface area (Å²) in [5.74, 6) is -0.0728. The average molecular weight is 217 g/mol. The van der Waals surface area contributed by atoms with Gasteiger partial charge in [-0.1, -0.05) is 6.07 Å². The molecule has 0 aliphatic rings. The van der Waals surface area contributed by atoms with E-state index in [9.17, 15) is 4.79 Å². The first-order valence-electron chi connectivity index (χ1n) is 4.71. The lowest BCUT2D eigenvalue weighted by molar-refractivity contribution is 0.0997. The topological polar surface area (TPSA) is 81.0 Å². The van der Waals surface area contributed by atoms with Gasteiger partial charge in [-0.05, 0) is 18.2 Å². The molecule has 3 N–H and O–H groups in total. The number of hydrogen-bond donors (Lipinski definition) is 2. The van der Waals surface area contributed by atoms with Gasteiger partial charge in [-0.2, -0.15) is 5.10 Å². The number of amides is 1. The Balaban J connectivity index is 2.62. The highest BCUT2D eigenvalue weighted by molar-refractivity contribution is 5.98. The molecule has 82 valence electrons. The molecule has 1 amide bonds. The van der Waals surface area contributed by atoms with Crippen LogP contribution in [-0.4, -0.2) is 23.2 Å². The van der Waals surface area contributed by atoms with E-state index in [-0.39, 0.29) is 0 Å². The molecular formula is C11H11N3O2. The standard InChI is InChI=1S/C11H11N3O2/c1-16-10-7(9-5-6-13-14-9)3-2-4-8(10)11(12)15/h2-6H,1H3,(H2,12,15)(H,13,14). The maximum Gasteiger partial charge on any atom is 0.252 e. The molecule has 0 unspecified atom stereocenters. The van der Waals surface area contributed by atoms with Crippen LogP contribution in [0.5, 0.6) is 5.75 Å². The Labute approximate surface area is 92.2 Å². The van der Waals surface area contributed by atoms with Gasteiger partial charge < -0.3 is 10.5 Å². The van der Waals surface area contributed by atoms with Crippen LogP contribution in [0.1, 0.15) is 10.4 Å². The first-order valence-corrected chi connectivity index (χ1v) is 4.71. The van der Waals surface area contributed by atoms with Crippen LogP contribution in [0.15, 0.2) is 30.5 Å². The third-order valence-electron chi connectivity index (χ3n) is 2.26. The monoisotopic (exact) mass is 217 g/mol. The number of nitrogens with two attached hydrogens (primary N) is 1. The van der Waals surface area contributed by atoms with Gasteiger partial charge in [-0.3, -0.25) is 9.89 Å². The van der Waals surface area contributed by atoms with Gasteiger partial charge in [-0.25, -0.2) is 0 Å². The van der Waals surface area contributed by atoms with Crippen molar-refractivity contribution in [2.45, 2.75) is 0 Å². The van der Waals surface area contributed by atoms with Gasteiger partial charge in [0.05, 0.1) is 18.4 Å². The minimum Gasteiger partial charge on any atom is -0.495 e. The van der Waals surface area contributed by atoms with Gasteiger partial charge in [0.1, 0.15) is 5.75 Å². The summed E-state index contributed by atoms with van der Waals surface area (Å²) in [6.45, 7) is 0. The molecule has 0 aliphatic carbocycles. The zero-order valence-corrected chi connectivity index (χ0v) is 8.73. The maximum absolute atomic E-state index is 11.2. The molecular weight excluding hydrogens is 206 g/mol. The molecule has 0 saturated heterocycles. The summed E-state index contributed by atoms with van der Waals surface area (Å²) in [6.07, 6.45) is 1.70. The van der Waals surface area contributed by atoms with E-state index in [0.717, 1.165) is 5.56 Å². The van der Waals surface area contributed by atoms with E-state index >= 15 is 0 Å². The van der Waals surface area contributed by atoms with Gasteiger partial charge in [0.25, 0.3) is 5.91 Å². The molecule has 5 nitrogen and oxygen atoms in total. The Morgan fingerprint density at radius 3 is 2.81 bits per heavy atom. The van der Waals surface area contributed by atoms with Crippen LogP contribution in [0.25, 0.3) is 11.3 Å². The van der Waals surface area contributed by atoms with E-state index in [2.05, 4.69) is 10.2 Å². The summed E-state index contributed by atoms with van der Waals surface area (Å²) in [5, 5.41) is 6.74. The second-order valence-corrected chi connectivity index (χ2v) is 3.21. The number of methoxy groups -OCH3 is 1. The molecule has 1 aromatic heterocycles. The Bertz CT molecular complexity index is 506. The fraction of sp³-hybridized carbons (Fsp3) is 0.0909. The van der Waals surface area contributed by atoms with Crippen LogP contribution in [0.2, 0.25) is 0 Å².